The Balaban J connectivity index is 0.00000441. The van der Waals surface area contributed by atoms with E-state index in [2.05, 4.69) is 5.32 Å². The average Bonchev–Trinajstić information content (AvgIpc) is 2.50. The van der Waals surface area contributed by atoms with Crippen LogP contribution in [-0.2, 0) is 20.7 Å². The first-order valence-corrected chi connectivity index (χ1v) is 6.72. The lowest BCUT2D eigenvalue weighted by Gasteiger charge is -2.17. The molecule has 0 saturated carbocycles. The molecular formula is C15H23ClN2O4. The monoisotopic (exact) mass is 330 g/mol. The normalized spacial score (nSPS) is 12.5. The van der Waals surface area contributed by atoms with Crippen LogP contribution in [-0.4, -0.2) is 38.7 Å². The van der Waals surface area contributed by atoms with Crippen molar-refractivity contribution in [3.05, 3.63) is 29.8 Å². The van der Waals surface area contributed by atoms with Crippen LogP contribution in [0, 0.1) is 5.92 Å². The minimum atomic E-state index is -0.616. The Morgan fingerprint density at radius 1 is 1.27 bits per heavy atom. The number of ether oxygens (including phenoxy) is 2. The number of nitrogens with two attached hydrogens (primary N) is 1. The number of halogens is 1. The van der Waals surface area contributed by atoms with Gasteiger partial charge in [0, 0.05) is 6.54 Å². The van der Waals surface area contributed by atoms with Crippen molar-refractivity contribution in [3.63, 3.8) is 0 Å². The molecule has 0 spiro atoms. The van der Waals surface area contributed by atoms with Crippen molar-refractivity contribution in [2.45, 2.75) is 19.4 Å². The van der Waals surface area contributed by atoms with Crippen LogP contribution in [0.5, 0.6) is 5.75 Å². The van der Waals surface area contributed by atoms with E-state index < -0.39 is 12.0 Å². The van der Waals surface area contributed by atoms with Crippen molar-refractivity contribution in [1.29, 1.82) is 0 Å². The molecule has 0 aromatic heterocycles. The fourth-order valence-electron chi connectivity index (χ4n) is 1.93. The number of hydrogen-bond donors (Lipinski definition) is 2. The van der Waals surface area contributed by atoms with Gasteiger partial charge in [0.1, 0.15) is 5.75 Å². The third-order valence-electron chi connectivity index (χ3n) is 3.13. The highest BCUT2D eigenvalue weighted by atomic mass is 35.5. The number of hydrogen-bond acceptors (Lipinski definition) is 5. The highest BCUT2D eigenvalue weighted by Crippen LogP contribution is 2.21. The van der Waals surface area contributed by atoms with Gasteiger partial charge in [0.25, 0.3) is 0 Å². The van der Waals surface area contributed by atoms with Crippen molar-refractivity contribution < 1.29 is 19.1 Å². The van der Waals surface area contributed by atoms with E-state index in [-0.39, 0.29) is 30.8 Å². The van der Waals surface area contributed by atoms with Gasteiger partial charge in [-0.05, 0) is 25.0 Å². The summed E-state index contributed by atoms with van der Waals surface area (Å²) in [5, 5.41) is 2.65. The Hall–Kier alpha value is -1.79. The second-order valence-electron chi connectivity index (χ2n) is 4.77. The molecule has 1 rings (SSSR count). The molecule has 0 saturated heterocycles. The van der Waals surface area contributed by atoms with Crippen LogP contribution < -0.4 is 15.8 Å². The number of carbonyl (C=O) groups is 2. The van der Waals surface area contributed by atoms with E-state index in [1.807, 2.05) is 24.3 Å². The molecular weight excluding hydrogens is 308 g/mol. The Morgan fingerprint density at radius 2 is 1.91 bits per heavy atom. The number of carbonyl (C=O) groups excluding carboxylic acids is 2. The van der Waals surface area contributed by atoms with E-state index in [0.717, 1.165) is 5.56 Å². The number of amides is 1. The zero-order valence-electron chi connectivity index (χ0n) is 13.0. The Labute approximate surface area is 136 Å². The first-order valence-electron chi connectivity index (χ1n) is 6.72. The predicted molar refractivity (Wildman–Crippen MR) is 86.1 cm³/mol. The summed E-state index contributed by atoms with van der Waals surface area (Å²) in [6.45, 7) is 1.76. The lowest BCUT2D eigenvalue weighted by atomic mass is 9.98. The Bertz CT molecular complexity index is 494. The summed E-state index contributed by atoms with van der Waals surface area (Å²) in [7, 11) is 2.90. The van der Waals surface area contributed by atoms with Gasteiger partial charge < -0.3 is 20.5 Å². The third-order valence-corrected chi connectivity index (χ3v) is 3.13. The highest BCUT2D eigenvalue weighted by Gasteiger charge is 2.22. The molecule has 0 fully saturated rings. The summed E-state index contributed by atoms with van der Waals surface area (Å²) in [5.74, 6) is -0.478. The van der Waals surface area contributed by atoms with Crippen LogP contribution in [0.25, 0.3) is 0 Å². The topological polar surface area (TPSA) is 90.7 Å². The molecule has 0 aliphatic carbocycles. The van der Waals surface area contributed by atoms with Crippen LogP contribution in [0.1, 0.15) is 12.5 Å². The van der Waals surface area contributed by atoms with Gasteiger partial charge in [0.15, 0.2) is 0 Å². The van der Waals surface area contributed by atoms with Gasteiger partial charge in [-0.1, -0.05) is 18.2 Å². The molecule has 22 heavy (non-hydrogen) atoms. The zero-order valence-corrected chi connectivity index (χ0v) is 13.8. The number of esters is 1. The summed E-state index contributed by atoms with van der Waals surface area (Å²) >= 11 is 0. The SMILES string of the molecule is COC(=O)C(CNC(=O)C(C)N)Cc1ccccc1OC.Cl. The Kier molecular flexibility index (Phi) is 9.21. The van der Waals surface area contributed by atoms with Crippen LogP contribution in [0.3, 0.4) is 0 Å². The number of nitrogens with one attached hydrogen (secondary N) is 1. The van der Waals surface area contributed by atoms with Gasteiger partial charge in [-0.25, -0.2) is 0 Å². The van der Waals surface area contributed by atoms with Crippen molar-refractivity contribution in [2.24, 2.45) is 11.7 Å². The van der Waals surface area contributed by atoms with E-state index in [1.165, 1.54) is 7.11 Å². The fourth-order valence-corrected chi connectivity index (χ4v) is 1.93. The standard InChI is InChI=1S/C15H22N2O4.ClH/c1-10(16)14(18)17-9-12(15(19)21-3)8-11-6-4-5-7-13(11)20-2;/h4-7,10,12H,8-9,16H2,1-3H3,(H,17,18);1H. The number of para-hydroxylation sites is 1. The van der Waals surface area contributed by atoms with E-state index in [1.54, 1.807) is 14.0 Å². The van der Waals surface area contributed by atoms with Crippen LogP contribution in [0.2, 0.25) is 0 Å². The van der Waals surface area contributed by atoms with Gasteiger partial charge in [-0.2, -0.15) is 0 Å². The first-order chi connectivity index (χ1) is 9.99. The van der Waals surface area contributed by atoms with Gasteiger partial charge in [-0.3, -0.25) is 9.59 Å². The van der Waals surface area contributed by atoms with E-state index in [0.29, 0.717) is 12.2 Å². The maximum Gasteiger partial charge on any atom is 0.310 e. The van der Waals surface area contributed by atoms with E-state index in [9.17, 15) is 9.59 Å². The van der Waals surface area contributed by atoms with Crippen molar-refractivity contribution >= 4 is 24.3 Å². The van der Waals surface area contributed by atoms with Crippen molar-refractivity contribution in [2.75, 3.05) is 20.8 Å². The Morgan fingerprint density at radius 3 is 2.45 bits per heavy atom. The maximum atomic E-state index is 11.9. The molecule has 1 aromatic rings. The van der Waals surface area contributed by atoms with E-state index >= 15 is 0 Å². The molecule has 1 aromatic carbocycles. The maximum absolute atomic E-state index is 11.9. The highest BCUT2D eigenvalue weighted by molar-refractivity contribution is 5.85. The lowest BCUT2D eigenvalue weighted by Crippen LogP contribution is -2.42. The fraction of sp³-hybridized carbons (Fsp3) is 0.467. The summed E-state index contributed by atoms with van der Waals surface area (Å²) in [4.78, 5) is 23.4. The second kappa shape index (κ2) is 10.0. The molecule has 0 bridgehead atoms. The molecule has 0 aliphatic heterocycles. The largest absolute Gasteiger partial charge is 0.496 e. The van der Waals surface area contributed by atoms with Crippen LogP contribution in [0.15, 0.2) is 24.3 Å². The molecule has 6 nitrogen and oxygen atoms in total. The molecule has 2 unspecified atom stereocenters. The second-order valence-corrected chi connectivity index (χ2v) is 4.77. The summed E-state index contributed by atoms with van der Waals surface area (Å²) in [6.07, 6.45) is 0.413. The number of rotatable bonds is 7. The minimum absolute atomic E-state index is 0. The third kappa shape index (κ3) is 5.91. The van der Waals surface area contributed by atoms with Gasteiger partial charge in [-0.15, -0.1) is 12.4 Å². The van der Waals surface area contributed by atoms with Gasteiger partial charge in [0.05, 0.1) is 26.2 Å². The molecule has 3 N–H and O–H groups in total. The average molecular weight is 331 g/mol. The summed E-state index contributed by atoms with van der Waals surface area (Å²) in [6, 6.07) is 6.81. The summed E-state index contributed by atoms with van der Waals surface area (Å²) in [5.41, 5.74) is 6.36. The molecule has 0 aliphatic rings. The van der Waals surface area contributed by atoms with Gasteiger partial charge in [0.2, 0.25) is 5.91 Å². The minimum Gasteiger partial charge on any atom is -0.496 e. The van der Waals surface area contributed by atoms with Crippen molar-refractivity contribution in [3.8, 4) is 5.75 Å². The van der Waals surface area contributed by atoms with Crippen molar-refractivity contribution in [1.82, 2.24) is 5.32 Å². The zero-order chi connectivity index (χ0) is 15.8. The quantitative estimate of drug-likeness (QED) is 0.725. The lowest BCUT2D eigenvalue weighted by molar-refractivity contribution is -0.145. The first kappa shape index (κ1) is 20.2. The molecule has 7 heteroatoms. The molecule has 1 amide bonds. The smallest absolute Gasteiger partial charge is 0.310 e. The van der Waals surface area contributed by atoms with Crippen LogP contribution >= 0.6 is 12.4 Å². The molecule has 0 heterocycles. The summed E-state index contributed by atoms with van der Waals surface area (Å²) < 4.78 is 10.1. The van der Waals surface area contributed by atoms with Gasteiger partial charge >= 0.3 is 5.97 Å². The number of methoxy groups -OCH3 is 2. The van der Waals surface area contributed by atoms with Crippen LogP contribution in [0.4, 0.5) is 0 Å². The predicted octanol–water partition coefficient (Wildman–Crippen LogP) is 0.912. The number of benzene rings is 1. The van der Waals surface area contributed by atoms with E-state index in [4.69, 9.17) is 15.2 Å². The molecule has 124 valence electrons. The molecule has 0 radical (unpaired) electrons. The molecule has 2 atom stereocenters.